The molecule has 0 saturated carbocycles. The number of benzene rings is 1. The van der Waals surface area contributed by atoms with E-state index in [4.69, 9.17) is 0 Å². The average Bonchev–Trinajstić information content (AvgIpc) is 2.00. The monoisotopic (exact) mass is 332 g/mol. The average molecular weight is 332 g/mol. The van der Waals surface area contributed by atoms with Crippen LogP contribution in [0.4, 0.5) is 17.6 Å². The molecule has 1 rings (SSSR count). The van der Waals surface area contributed by atoms with E-state index in [0.717, 1.165) is 6.07 Å². The van der Waals surface area contributed by atoms with Gasteiger partial charge in [-0.2, -0.15) is 13.2 Å². The van der Waals surface area contributed by atoms with Gasteiger partial charge in [0.05, 0.1) is 5.56 Å². The fourth-order valence-corrected chi connectivity index (χ4v) is 1.54. The molecule has 1 aromatic carbocycles. The second-order valence-electron chi connectivity index (χ2n) is 3.42. The molecule has 0 aliphatic heterocycles. The van der Waals surface area contributed by atoms with Crippen molar-refractivity contribution in [2.45, 2.75) is 23.7 Å². The standard InChI is InChI=1S/C10H9F4I/c1-6-3-4-7(9(2,11)15)5-8(6)10(12,13)14/h3-5H,1-2H3. The van der Waals surface area contributed by atoms with E-state index in [2.05, 4.69) is 0 Å². The van der Waals surface area contributed by atoms with Gasteiger partial charge in [0.15, 0.2) is 3.68 Å². The third kappa shape index (κ3) is 3.06. The number of aryl methyl sites for hydroxylation is 1. The molecule has 1 atom stereocenters. The van der Waals surface area contributed by atoms with Gasteiger partial charge in [0, 0.05) is 0 Å². The number of halogens is 5. The molecule has 0 fully saturated rings. The first-order valence-corrected chi connectivity index (χ1v) is 5.26. The van der Waals surface area contributed by atoms with Gasteiger partial charge < -0.3 is 0 Å². The molecule has 15 heavy (non-hydrogen) atoms. The van der Waals surface area contributed by atoms with Gasteiger partial charge in [-0.15, -0.1) is 0 Å². The highest BCUT2D eigenvalue weighted by Gasteiger charge is 2.34. The molecule has 0 spiro atoms. The summed E-state index contributed by atoms with van der Waals surface area (Å²) >= 11 is 1.47. The topological polar surface area (TPSA) is 0 Å². The van der Waals surface area contributed by atoms with Crippen LogP contribution in [-0.2, 0) is 9.85 Å². The van der Waals surface area contributed by atoms with Gasteiger partial charge in [0.25, 0.3) is 0 Å². The molecular formula is C10H9F4I. The lowest BCUT2D eigenvalue weighted by atomic mass is 10.0. The summed E-state index contributed by atoms with van der Waals surface area (Å²) in [6, 6.07) is 3.52. The second-order valence-corrected chi connectivity index (χ2v) is 5.44. The number of hydrogen-bond donors (Lipinski definition) is 0. The predicted molar refractivity (Wildman–Crippen MR) is 58.7 cm³/mol. The van der Waals surface area contributed by atoms with Crippen molar-refractivity contribution >= 4 is 22.6 Å². The van der Waals surface area contributed by atoms with Crippen LogP contribution < -0.4 is 0 Å². The van der Waals surface area contributed by atoms with Gasteiger partial charge in [-0.1, -0.05) is 12.1 Å². The Hall–Kier alpha value is -0.330. The smallest absolute Gasteiger partial charge is 0.227 e. The van der Waals surface area contributed by atoms with Crippen molar-refractivity contribution in [1.29, 1.82) is 0 Å². The zero-order valence-electron chi connectivity index (χ0n) is 8.12. The summed E-state index contributed by atoms with van der Waals surface area (Å²) in [7, 11) is 0. The van der Waals surface area contributed by atoms with Crippen LogP contribution in [0.15, 0.2) is 18.2 Å². The molecule has 0 aliphatic rings. The summed E-state index contributed by atoms with van der Waals surface area (Å²) in [5.74, 6) is 0. The Morgan fingerprint density at radius 3 is 2.07 bits per heavy atom. The van der Waals surface area contributed by atoms with Gasteiger partial charge in [-0.3, -0.25) is 0 Å². The quantitative estimate of drug-likeness (QED) is 0.401. The lowest BCUT2D eigenvalue weighted by molar-refractivity contribution is -0.138. The van der Waals surface area contributed by atoms with E-state index < -0.39 is 15.4 Å². The fourth-order valence-electron chi connectivity index (χ4n) is 1.20. The van der Waals surface area contributed by atoms with Crippen LogP contribution in [-0.4, -0.2) is 0 Å². The Bertz CT molecular complexity index is 363. The Morgan fingerprint density at radius 1 is 1.13 bits per heavy atom. The Morgan fingerprint density at radius 2 is 1.67 bits per heavy atom. The summed E-state index contributed by atoms with van der Waals surface area (Å²) in [6.45, 7) is 2.58. The Labute approximate surface area is 98.8 Å². The Balaban J connectivity index is 3.30. The predicted octanol–water partition coefficient (Wildman–Crippen LogP) is 4.59. The molecule has 0 aromatic heterocycles. The van der Waals surface area contributed by atoms with Crippen molar-refractivity contribution in [2.75, 3.05) is 0 Å². The molecule has 0 aliphatic carbocycles. The Kier molecular flexibility index (Phi) is 3.33. The van der Waals surface area contributed by atoms with Crippen LogP contribution >= 0.6 is 22.6 Å². The summed E-state index contributed by atoms with van der Waals surface area (Å²) < 4.78 is 49.1. The van der Waals surface area contributed by atoms with Crippen molar-refractivity contribution in [1.82, 2.24) is 0 Å². The largest absolute Gasteiger partial charge is 0.416 e. The number of rotatable bonds is 1. The highest BCUT2D eigenvalue weighted by Crippen LogP contribution is 2.38. The maximum absolute atomic E-state index is 13.4. The lowest BCUT2D eigenvalue weighted by Gasteiger charge is -2.16. The first kappa shape index (κ1) is 12.7. The molecule has 0 amide bonds. The van der Waals surface area contributed by atoms with Crippen LogP contribution in [0.2, 0.25) is 0 Å². The summed E-state index contributed by atoms with van der Waals surface area (Å²) in [6.07, 6.45) is -4.43. The number of hydrogen-bond acceptors (Lipinski definition) is 0. The van der Waals surface area contributed by atoms with E-state index in [-0.39, 0.29) is 11.1 Å². The maximum atomic E-state index is 13.4. The minimum atomic E-state index is -4.43. The third-order valence-electron chi connectivity index (χ3n) is 2.05. The SMILES string of the molecule is Cc1ccc(C(C)(F)I)cc1C(F)(F)F. The molecule has 0 N–H and O–H groups in total. The van der Waals surface area contributed by atoms with E-state index in [9.17, 15) is 17.6 Å². The highest BCUT2D eigenvalue weighted by molar-refractivity contribution is 14.1. The van der Waals surface area contributed by atoms with Crippen molar-refractivity contribution in [3.05, 3.63) is 34.9 Å². The fraction of sp³-hybridized carbons (Fsp3) is 0.400. The van der Waals surface area contributed by atoms with Crippen LogP contribution in [0.5, 0.6) is 0 Å². The molecule has 84 valence electrons. The third-order valence-corrected chi connectivity index (χ3v) is 2.67. The van der Waals surface area contributed by atoms with Crippen molar-refractivity contribution in [3.8, 4) is 0 Å². The lowest BCUT2D eigenvalue weighted by Crippen LogP contribution is -2.11. The molecule has 1 aromatic rings. The molecule has 0 radical (unpaired) electrons. The zero-order valence-corrected chi connectivity index (χ0v) is 10.3. The van der Waals surface area contributed by atoms with E-state index in [0.29, 0.717) is 0 Å². The summed E-state index contributed by atoms with van der Waals surface area (Å²) in [4.78, 5) is 0. The van der Waals surface area contributed by atoms with Crippen molar-refractivity contribution in [2.24, 2.45) is 0 Å². The van der Waals surface area contributed by atoms with Gasteiger partial charge in [-0.25, -0.2) is 4.39 Å². The van der Waals surface area contributed by atoms with Crippen LogP contribution in [0.3, 0.4) is 0 Å². The maximum Gasteiger partial charge on any atom is 0.416 e. The van der Waals surface area contributed by atoms with E-state index in [1.54, 1.807) is 0 Å². The van der Waals surface area contributed by atoms with Gasteiger partial charge in [0.1, 0.15) is 0 Å². The van der Waals surface area contributed by atoms with E-state index in [1.807, 2.05) is 0 Å². The van der Waals surface area contributed by atoms with Crippen molar-refractivity contribution in [3.63, 3.8) is 0 Å². The van der Waals surface area contributed by atoms with E-state index in [1.165, 1.54) is 48.6 Å². The van der Waals surface area contributed by atoms with Gasteiger partial charge >= 0.3 is 6.18 Å². The second kappa shape index (κ2) is 3.92. The summed E-state index contributed by atoms with van der Waals surface area (Å²) in [5, 5.41) is 0. The van der Waals surface area contributed by atoms with Crippen LogP contribution in [0.25, 0.3) is 0 Å². The van der Waals surface area contributed by atoms with E-state index >= 15 is 0 Å². The van der Waals surface area contributed by atoms with Gasteiger partial charge in [-0.05, 0) is 53.6 Å². The van der Waals surface area contributed by atoms with Gasteiger partial charge in [0.2, 0.25) is 0 Å². The summed E-state index contributed by atoms with van der Waals surface area (Å²) in [5.41, 5.74) is -0.645. The minimum Gasteiger partial charge on any atom is -0.227 e. The highest BCUT2D eigenvalue weighted by atomic mass is 127. The van der Waals surface area contributed by atoms with Crippen LogP contribution in [0, 0.1) is 6.92 Å². The zero-order chi connectivity index (χ0) is 11.9. The van der Waals surface area contributed by atoms with Crippen LogP contribution in [0.1, 0.15) is 23.6 Å². The molecule has 5 heteroatoms. The van der Waals surface area contributed by atoms with Crippen molar-refractivity contribution < 1.29 is 17.6 Å². The number of alkyl halides is 5. The first-order valence-electron chi connectivity index (χ1n) is 4.18. The first-order chi connectivity index (χ1) is 6.62. The molecule has 0 saturated heterocycles. The normalized spacial score (nSPS) is 16.2. The molecular weight excluding hydrogens is 323 g/mol. The molecule has 0 nitrogen and oxygen atoms in total. The minimum absolute atomic E-state index is 0.0287. The molecule has 0 bridgehead atoms. The molecule has 0 heterocycles. The molecule has 1 unspecified atom stereocenters.